The van der Waals surface area contributed by atoms with Crippen LogP contribution in [0.1, 0.15) is 13.3 Å². The van der Waals surface area contributed by atoms with E-state index in [9.17, 15) is 5.11 Å². The van der Waals surface area contributed by atoms with E-state index in [4.69, 9.17) is 16.3 Å². The summed E-state index contributed by atoms with van der Waals surface area (Å²) in [7, 11) is 0. The summed E-state index contributed by atoms with van der Waals surface area (Å²) in [6.45, 7) is 2.20. The highest BCUT2D eigenvalue weighted by Gasteiger charge is 2.05. The molecule has 0 heterocycles. The van der Waals surface area contributed by atoms with E-state index >= 15 is 0 Å². The van der Waals surface area contributed by atoms with Crippen molar-refractivity contribution in [2.24, 2.45) is 0 Å². The zero-order valence-corrected chi connectivity index (χ0v) is 11.6. The number of benzene rings is 2. The number of halogens is 1. The van der Waals surface area contributed by atoms with E-state index in [1.807, 2.05) is 48.5 Å². The Morgan fingerprint density at radius 3 is 2.47 bits per heavy atom. The van der Waals surface area contributed by atoms with Crippen molar-refractivity contribution in [2.75, 3.05) is 6.61 Å². The predicted octanol–water partition coefficient (Wildman–Crippen LogP) is 4.16. The standard InChI is InChI=1S/C16H17ClO2/c1-12(18)9-10-19-16-8-7-14(11-15(16)17)13-5-3-2-4-6-13/h2-8,11-12,18H,9-10H2,1H3. The lowest BCUT2D eigenvalue weighted by molar-refractivity contribution is 0.155. The number of hydrogen-bond donors (Lipinski definition) is 1. The van der Waals surface area contributed by atoms with Gasteiger partial charge in [0.1, 0.15) is 5.75 Å². The third-order valence-corrected chi connectivity index (χ3v) is 3.13. The number of rotatable bonds is 5. The Labute approximate surface area is 118 Å². The van der Waals surface area contributed by atoms with Crippen molar-refractivity contribution >= 4 is 11.6 Å². The minimum atomic E-state index is -0.359. The summed E-state index contributed by atoms with van der Waals surface area (Å²) in [5.74, 6) is 0.655. The van der Waals surface area contributed by atoms with Gasteiger partial charge < -0.3 is 9.84 Å². The van der Waals surface area contributed by atoms with E-state index < -0.39 is 0 Å². The summed E-state index contributed by atoms with van der Waals surface area (Å²) >= 11 is 6.21. The SMILES string of the molecule is CC(O)CCOc1ccc(-c2ccccc2)cc1Cl. The number of ether oxygens (including phenoxy) is 1. The lowest BCUT2D eigenvalue weighted by atomic mass is 10.1. The molecule has 0 radical (unpaired) electrons. The summed E-state index contributed by atoms with van der Waals surface area (Å²) < 4.78 is 5.55. The molecule has 0 saturated carbocycles. The van der Waals surface area contributed by atoms with Crippen LogP contribution in [0.3, 0.4) is 0 Å². The van der Waals surface area contributed by atoms with Gasteiger partial charge in [-0.2, -0.15) is 0 Å². The van der Waals surface area contributed by atoms with Gasteiger partial charge in [0.2, 0.25) is 0 Å². The second-order valence-corrected chi connectivity index (χ2v) is 4.90. The maximum atomic E-state index is 9.18. The topological polar surface area (TPSA) is 29.5 Å². The molecule has 0 aliphatic rings. The van der Waals surface area contributed by atoms with E-state index in [0.29, 0.717) is 23.8 Å². The third kappa shape index (κ3) is 3.98. The lowest BCUT2D eigenvalue weighted by Crippen LogP contribution is -2.07. The Bertz CT molecular complexity index is 524. The number of aliphatic hydroxyl groups excluding tert-OH is 1. The van der Waals surface area contributed by atoms with Gasteiger partial charge in [-0.05, 0) is 30.2 Å². The molecule has 1 atom stereocenters. The number of hydrogen-bond acceptors (Lipinski definition) is 2. The number of aliphatic hydroxyl groups is 1. The molecule has 100 valence electrons. The molecule has 0 fully saturated rings. The Morgan fingerprint density at radius 1 is 1.11 bits per heavy atom. The van der Waals surface area contributed by atoms with E-state index in [-0.39, 0.29) is 6.10 Å². The van der Waals surface area contributed by atoms with Crippen molar-refractivity contribution in [3.63, 3.8) is 0 Å². The second kappa shape index (κ2) is 6.60. The van der Waals surface area contributed by atoms with Crippen molar-refractivity contribution in [3.05, 3.63) is 53.6 Å². The molecule has 2 rings (SSSR count). The van der Waals surface area contributed by atoms with Crippen LogP contribution in [0, 0.1) is 0 Å². The van der Waals surface area contributed by atoms with Crippen molar-refractivity contribution < 1.29 is 9.84 Å². The molecule has 19 heavy (non-hydrogen) atoms. The zero-order valence-electron chi connectivity index (χ0n) is 10.8. The molecule has 0 aliphatic carbocycles. The van der Waals surface area contributed by atoms with E-state index in [1.165, 1.54) is 0 Å². The first-order chi connectivity index (χ1) is 9.16. The molecule has 0 saturated heterocycles. The molecular formula is C16H17ClO2. The van der Waals surface area contributed by atoms with Gasteiger partial charge in [0.15, 0.2) is 0 Å². The maximum absolute atomic E-state index is 9.18. The molecule has 0 aliphatic heterocycles. The van der Waals surface area contributed by atoms with Crippen LogP contribution in [0.15, 0.2) is 48.5 Å². The molecule has 2 nitrogen and oxygen atoms in total. The molecule has 1 unspecified atom stereocenters. The maximum Gasteiger partial charge on any atom is 0.137 e. The van der Waals surface area contributed by atoms with Gasteiger partial charge in [0, 0.05) is 6.42 Å². The van der Waals surface area contributed by atoms with Crippen LogP contribution in [-0.4, -0.2) is 17.8 Å². The Kier molecular flexibility index (Phi) is 4.83. The predicted molar refractivity (Wildman–Crippen MR) is 78.7 cm³/mol. The summed E-state index contributed by atoms with van der Waals surface area (Å²) in [5, 5.41) is 9.77. The monoisotopic (exact) mass is 276 g/mol. The molecule has 0 amide bonds. The van der Waals surface area contributed by atoms with Gasteiger partial charge >= 0.3 is 0 Å². The molecule has 2 aromatic rings. The minimum absolute atomic E-state index is 0.359. The van der Waals surface area contributed by atoms with Crippen molar-refractivity contribution in [1.29, 1.82) is 0 Å². The Hall–Kier alpha value is -1.51. The first-order valence-corrected chi connectivity index (χ1v) is 6.70. The van der Waals surface area contributed by atoms with Crippen LogP contribution in [0.2, 0.25) is 5.02 Å². The molecule has 3 heteroatoms. The zero-order chi connectivity index (χ0) is 13.7. The van der Waals surface area contributed by atoms with Gasteiger partial charge in [0.25, 0.3) is 0 Å². The molecule has 1 N–H and O–H groups in total. The van der Waals surface area contributed by atoms with Crippen LogP contribution in [0.5, 0.6) is 5.75 Å². The van der Waals surface area contributed by atoms with Crippen LogP contribution >= 0.6 is 11.6 Å². The second-order valence-electron chi connectivity index (χ2n) is 4.50. The fourth-order valence-electron chi connectivity index (χ4n) is 1.77. The van der Waals surface area contributed by atoms with Gasteiger partial charge in [-0.1, -0.05) is 48.0 Å². The highest BCUT2D eigenvalue weighted by atomic mass is 35.5. The first kappa shape index (κ1) is 13.9. The molecule has 0 bridgehead atoms. The summed E-state index contributed by atoms with van der Waals surface area (Å²) in [5.41, 5.74) is 2.19. The average Bonchev–Trinajstić information content (AvgIpc) is 2.41. The van der Waals surface area contributed by atoms with Crippen LogP contribution in [0.4, 0.5) is 0 Å². The van der Waals surface area contributed by atoms with Gasteiger partial charge in [-0.15, -0.1) is 0 Å². The smallest absolute Gasteiger partial charge is 0.137 e. The molecule has 0 spiro atoms. The lowest BCUT2D eigenvalue weighted by Gasteiger charge is -2.10. The summed E-state index contributed by atoms with van der Waals surface area (Å²) in [6, 6.07) is 15.8. The minimum Gasteiger partial charge on any atom is -0.492 e. The van der Waals surface area contributed by atoms with Crippen LogP contribution < -0.4 is 4.74 Å². The highest BCUT2D eigenvalue weighted by Crippen LogP contribution is 2.30. The van der Waals surface area contributed by atoms with Crippen LogP contribution in [-0.2, 0) is 0 Å². The third-order valence-electron chi connectivity index (χ3n) is 2.83. The highest BCUT2D eigenvalue weighted by molar-refractivity contribution is 6.32. The fraction of sp³-hybridized carbons (Fsp3) is 0.250. The summed E-state index contributed by atoms with van der Waals surface area (Å²) in [6.07, 6.45) is 0.235. The molecular weight excluding hydrogens is 260 g/mol. The van der Waals surface area contributed by atoms with Crippen molar-refractivity contribution in [1.82, 2.24) is 0 Å². The quantitative estimate of drug-likeness (QED) is 0.889. The normalized spacial score (nSPS) is 12.2. The Balaban J connectivity index is 2.09. The largest absolute Gasteiger partial charge is 0.492 e. The molecule has 2 aromatic carbocycles. The van der Waals surface area contributed by atoms with E-state index in [0.717, 1.165) is 11.1 Å². The van der Waals surface area contributed by atoms with Gasteiger partial charge in [-0.3, -0.25) is 0 Å². The molecule has 0 aromatic heterocycles. The fourth-order valence-corrected chi connectivity index (χ4v) is 2.00. The van der Waals surface area contributed by atoms with E-state index in [1.54, 1.807) is 6.92 Å². The van der Waals surface area contributed by atoms with Crippen LogP contribution in [0.25, 0.3) is 11.1 Å². The van der Waals surface area contributed by atoms with Gasteiger partial charge in [-0.25, -0.2) is 0 Å². The average molecular weight is 277 g/mol. The van der Waals surface area contributed by atoms with Crippen molar-refractivity contribution in [2.45, 2.75) is 19.4 Å². The summed E-state index contributed by atoms with van der Waals surface area (Å²) in [4.78, 5) is 0. The van der Waals surface area contributed by atoms with Crippen molar-refractivity contribution in [3.8, 4) is 16.9 Å². The first-order valence-electron chi connectivity index (χ1n) is 6.32. The van der Waals surface area contributed by atoms with E-state index in [2.05, 4.69) is 0 Å². The Morgan fingerprint density at radius 2 is 1.84 bits per heavy atom. The van der Waals surface area contributed by atoms with Gasteiger partial charge in [0.05, 0.1) is 17.7 Å².